The Morgan fingerprint density at radius 3 is 2.72 bits per heavy atom. The summed E-state index contributed by atoms with van der Waals surface area (Å²) in [6.07, 6.45) is 0. The molecule has 1 N–H and O–H groups in total. The van der Waals surface area contributed by atoms with Crippen molar-refractivity contribution in [2.75, 3.05) is 25.6 Å². The molecule has 0 aliphatic carbocycles. The summed E-state index contributed by atoms with van der Waals surface area (Å²) in [5.74, 6) is -1.74. The average Bonchev–Trinajstić information content (AvgIpc) is 2.31. The predicted molar refractivity (Wildman–Crippen MR) is 62.9 cm³/mol. The average molecular weight is 276 g/mol. The van der Waals surface area contributed by atoms with Crippen LogP contribution in [0.5, 0.6) is 0 Å². The summed E-state index contributed by atoms with van der Waals surface area (Å²) < 4.78 is 21.8. The minimum atomic E-state index is -0.655. The lowest BCUT2D eigenvalue weighted by molar-refractivity contribution is -0.150. The molecule has 5 nitrogen and oxygen atoms in total. The molecule has 0 aliphatic rings. The quantitative estimate of drug-likeness (QED) is 0.829. The van der Waals surface area contributed by atoms with Gasteiger partial charge < -0.3 is 14.8 Å². The van der Waals surface area contributed by atoms with Crippen molar-refractivity contribution in [3.63, 3.8) is 0 Å². The van der Waals surface area contributed by atoms with Gasteiger partial charge in [-0.3, -0.25) is 4.79 Å². The highest BCUT2D eigenvalue weighted by atomic mass is 35.5. The molecule has 0 radical (unpaired) electrons. The Morgan fingerprint density at radius 2 is 2.11 bits per heavy atom. The van der Waals surface area contributed by atoms with E-state index >= 15 is 0 Å². The van der Waals surface area contributed by atoms with Crippen molar-refractivity contribution in [1.29, 1.82) is 0 Å². The zero-order chi connectivity index (χ0) is 13.5. The molecule has 0 saturated heterocycles. The van der Waals surface area contributed by atoms with E-state index in [2.05, 4.69) is 14.8 Å². The summed E-state index contributed by atoms with van der Waals surface area (Å²) in [6.45, 7) is -0.694. The third kappa shape index (κ3) is 4.68. The van der Waals surface area contributed by atoms with Gasteiger partial charge in [-0.25, -0.2) is 9.18 Å². The van der Waals surface area contributed by atoms with Crippen molar-refractivity contribution in [3.8, 4) is 0 Å². The van der Waals surface area contributed by atoms with E-state index in [1.54, 1.807) is 0 Å². The number of ether oxygens (including phenoxy) is 2. The van der Waals surface area contributed by atoms with E-state index in [1.807, 2.05) is 0 Å². The summed E-state index contributed by atoms with van der Waals surface area (Å²) in [7, 11) is 1.33. The van der Waals surface area contributed by atoms with Crippen LogP contribution in [0.3, 0.4) is 0 Å². The Kier molecular flexibility index (Phi) is 5.54. The maximum Gasteiger partial charge on any atom is 0.332 e. The number of methoxy groups -OCH3 is 1. The van der Waals surface area contributed by atoms with Gasteiger partial charge in [0.15, 0.2) is 6.61 Å². The monoisotopic (exact) mass is 275 g/mol. The van der Waals surface area contributed by atoms with E-state index in [0.29, 0.717) is 0 Å². The topological polar surface area (TPSA) is 64.6 Å². The molecule has 98 valence electrons. The van der Waals surface area contributed by atoms with E-state index in [4.69, 9.17) is 11.6 Å². The molecule has 0 aromatic heterocycles. The van der Waals surface area contributed by atoms with E-state index in [-0.39, 0.29) is 17.3 Å². The van der Waals surface area contributed by atoms with Gasteiger partial charge in [-0.05, 0) is 18.2 Å². The summed E-state index contributed by atoms with van der Waals surface area (Å²) in [5, 5.41) is 2.44. The standard InChI is InChI=1S/C11H11ClFNO4/c1-17-6-11(16)18-5-10(15)14-9-3-2-7(13)4-8(9)12/h2-4H,5-6H2,1H3,(H,14,15). The fourth-order valence-corrected chi connectivity index (χ4v) is 1.30. The van der Waals surface area contributed by atoms with Gasteiger partial charge in [0.05, 0.1) is 10.7 Å². The Morgan fingerprint density at radius 1 is 1.39 bits per heavy atom. The number of amides is 1. The number of anilines is 1. The Hall–Kier alpha value is -1.66. The van der Waals surface area contributed by atoms with Crippen LogP contribution in [0.15, 0.2) is 18.2 Å². The van der Waals surface area contributed by atoms with Crippen LogP contribution in [0.2, 0.25) is 5.02 Å². The molecule has 1 aromatic rings. The van der Waals surface area contributed by atoms with Crippen LogP contribution in [-0.2, 0) is 19.1 Å². The van der Waals surface area contributed by atoms with Crippen molar-refractivity contribution < 1.29 is 23.5 Å². The molecule has 0 spiro atoms. The minimum Gasteiger partial charge on any atom is -0.454 e. The first-order valence-corrected chi connectivity index (χ1v) is 5.30. The van der Waals surface area contributed by atoms with Crippen LogP contribution >= 0.6 is 11.6 Å². The number of nitrogens with one attached hydrogen (secondary N) is 1. The normalized spacial score (nSPS) is 9.94. The molecule has 18 heavy (non-hydrogen) atoms. The Labute approximate surface area is 108 Å². The van der Waals surface area contributed by atoms with Crippen LogP contribution < -0.4 is 5.32 Å². The van der Waals surface area contributed by atoms with Crippen LogP contribution in [0.4, 0.5) is 10.1 Å². The first kappa shape index (κ1) is 14.4. The van der Waals surface area contributed by atoms with Crippen LogP contribution in [-0.4, -0.2) is 32.2 Å². The summed E-state index contributed by atoms with van der Waals surface area (Å²) in [4.78, 5) is 22.3. The smallest absolute Gasteiger partial charge is 0.332 e. The van der Waals surface area contributed by atoms with E-state index in [0.717, 1.165) is 12.1 Å². The third-order valence-electron chi connectivity index (χ3n) is 1.83. The molecule has 0 atom stereocenters. The minimum absolute atomic E-state index is 0.0616. The molecule has 7 heteroatoms. The van der Waals surface area contributed by atoms with Crippen molar-refractivity contribution in [2.45, 2.75) is 0 Å². The van der Waals surface area contributed by atoms with Gasteiger partial charge in [-0.2, -0.15) is 0 Å². The summed E-state index contributed by atoms with van der Waals surface area (Å²) in [5.41, 5.74) is 0.242. The van der Waals surface area contributed by atoms with E-state index < -0.39 is 24.3 Å². The van der Waals surface area contributed by atoms with Gasteiger partial charge in [-0.15, -0.1) is 0 Å². The molecular formula is C11H11ClFNO4. The number of rotatable bonds is 5. The maximum atomic E-state index is 12.7. The second kappa shape index (κ2) is 6.93. The molecule has 0 saturated carbocycles. The molecule has 1 rings (SSSR count). The highest BCUT2D eigenvalue weighted by Gasteiger charge is 2.09. The molecule has 1 aromatic carbocycles. The van der Waals surface area contributed by atoms with Crippen molar-refractivity contribution >= 4 is 29.2 Å². The predicted octanol–water partition coefficient (Wildman–Crippen LogP) is 1.61. The number of halogens is 2. The lowest BCUT2D eigenvalue weighted by Crippen LogP contribution is -2.22. The Balaban J connectivity index is 2.47. The Bertz CT molecular complexity index is 453. The molecular weight excluding hydrogens is 265 g/mol. The zero-order valence-corrected chi connectivity index (χ0v) is 10.3. The largest absolute Gasteiger partial charge is 0.454 e. The van der Waals surface area contributed by atoms with Crippen molar-refractivity contribution in [3.05, 3.63) is 29.0 Å². The molecule has 0 unspecified atom stereocenters. The highest BCUT2D eigenvalue weighted by molar-refractivity contribution is 6.33. The van der Waals surface area contributed by atoms with Crippen LogP contribution in [0.1, 0.15) is 0 Å². The number of carbonyl (C=O) groups excluding carboxylic acids is 2. The second-order valence-corrected chi connectivity index (χ2v) is 3.67. The third-order valence-corrected chi connectivity index (χ3v) is 2.14. The van der Waals surface area contributed by atoms with Gasteiger partial charge in [-0.1, -0.05) is 11.6 Å². The van der Waals surface area contributed by atoms with Crippen molar-refractivity contribution in [1.82, 2.24) is 0 Å². The van der Waals surface area contributed by atoms with E-state index in [9.17, 15) is 14.0 Å². The lowest BCUT2D eigenvalue weighted by Gasteiger charge is -2.07. The zero-order valence-electron chi connectivity index (χ0n) is 9.54. The maximum absolute atomic E-state index is 12.7. The van der Waals surface area contributed by atoms with Gasteiger partial charge in [0.2, 0.25) is 0 Å². The molecule has 0 heterocycles. The lowest BCUT2D eigenvalue weighted by atomic mass is 10.3. The first-order valence-electron chi connectivity index (χ1n) is 4.92. The highest BCUT2D eigenvalue weighted by Crippen LogP contribution is 2.22. The van der Waals surface area contributed by atoms with Gasteiger partial charge >= 0.3 is 5.97 Å². The molecule has 0 fully saturated rings. The number of carbonyl (C=O) groups is 2. The SMILES string of the molecule is COCC(=O)OCC(=O)Nc1ccc(F)cc1Cl. The fourth-order valence-electron chi connectivity index (χ4n) is 1.08. The molecule has 0 bridgehead atoms. The number of benzene rings is 1. The molecule has 1 amide bonds. The first-order chi connectivity index (χ1) is 8.52. The summed E-state index contributed by atoms with van der Waals surface area (Å²) in [6, 6.07) is 3.53. The number of hydrogen-bond donors (Lipinski definition) is 1. The number of hydrogen-bond acceptors (Lipinski definition) is 4. The van der Waals surface area contributed by atoms with Gasteiger partial charge in [0.25, 0.3) is 5.91 Å². The van der Waals surface area contributed by atoms with Crippen LogP contribution in [0.25, 0.3) is 0 Å². The summed E-state index contributed by atoms with van der Waals surface area (Å²) >= 11 is 5.70. The second-order valence-electron chi connectivity index (χ2n) is 3.27. The number of esters is 1. The van der Waals surface area contributed by atoms with E-state index in [1.165, 1.54) is 13.2 Å². The van der Waals surface area contributed by atoms with Gasteiger partial charge in [0.1, 0.15) is 12.4 Å². The van der Waals surface area contributed by atoms with Crippen molar-refractivity contribution in [2.24, 2.45) is 0 Å². The molecule has 0 aliphatic heterocycles. The van der Waals surface area contributed by atoms with Gasteiger partial charge in [0, 0.05) is 7.11 Å². The fraction of sp³-hybridized carbons (Fsp3) is 0.273. The van der Waals surface area contributed by atoms with Crippen LogP contribution in [0, 0.1) is 5.82 Å².